The summed E-state index contributed by atoms with van der Waals surface area (Å²) in [5, 5.41) is 3.48. The van der Waals surface area contributed by atoms with Gasteiger partial charge in [-0.15, -0.1) is 0 Å². The molecule has 0 aromatic heterocycles. The van der Waals surface area contributed by atoms with Crippen molar-refractivity contribution >= 4 is 5.91 Å². The van der Waals surface area contributed by atoms with E-state index in [1.54, 1.807) is 0 Å². The molecule has 20 heavy (non-hydrogen) atoms. The number of rotatable bonds is 3. The summed E-state index contributed by atoms with van der Waals surface area (Å²) in [4.78, 5) is 17.4. The second-order valence-electron chi connectivity index (χ2n) is 6.94. The maximum Gasteiger partial charge on any atom is 0.224 e. The first-order valence-electron chi connectivity index (χ1n) is 8.43. The van der Waals surface area contributed by atoms with Crippen LogP contribution in [0.2, 0.25) is 0 Å². The van der Waals surface area contributed by atoms with Crippen molar-refractivity contribution in [3.63, 3.8) is 0 Å². The number of nitrogens with zero attached hydrogens (tertiary/aromatic N) is 2. The van der Waals surface area contributed by atoms with Crippen LogP contribution in [0.5, 0.6) is 0 Å². The minimum Gasteiger partial charge on any atom is -0.340 e. The highest BCUT2D eigenvalue weighted by molar-refractivity contribution is 5.77. The quantitative estimate of drug-likeness (QED) is 0.852. The van der Waals surface area contributed by atoms with Crippen molar-refractivity contribution in [2.24, 2.45) is 0 Å². The highest BCUT2D eigenvalue weighted by atomic mass is 16.2. The van der Waals surface area contributed by atoms with Gasteiger partial charge in [0.2, 0.25) is 5.91 Å². The van der Waals surface area contributed by atoms with Crippen LogP contribution in [0.3, 0.4) is 0 Å². The van der Waals surface area contributed by atoms with Crippen molar-refractivity contribution in [3.05, 3.63) is 0 Å². The van der Waals surface area contributed by atoms with Gasteiger partial charge in [0, 0.05) is 37.6 Å². The van der Waals surface area contributed by atoms with Crippen molar-refractivity contribution in [1.82, 2.24) is 15.1 Å². The Kier molecular flexibility index (Phi) is 4.32. The van der Waals surface area contributed by atoms with Crippen LogP contribution in [0.25, 0.3) is 0 Å². The topological polar surface area (TPSA) is 35.6 Å². The fraction of sp³-hybridized carbons (Fsp3) is 0.938. The number of carbonyl (C=O) groups is 1. The predicted octanol–water partition coefficient (Wildman–Crippen LogP) is 1.61. The molecule has 114 valence electrons. The van der Waals surface area contributed by atoms with Gasteiger partial charge in [-0.3, -0.25) is 9.69 Å². The van der Waals surface area contributed by atoms with E-state index in [0.29, 0.717) is 18.4 Å². The number of carbonyl (C=O) groups excluding carboxylic acids is 1. The number of piperazine rings is 1. The Balaban J connectivity index is 1.58. The highest BCUT2D eigenvalue weighted by Crippen LogP contribution is 2.32. The molecule has 0 radical (unpaired) electrons. The molecule has 2 heterocycles. The van der Waals surface area contributed by atoms with Crippen LogP contribution in [0.4, 0.5) is 0 Å². The molecule has 4 heteroatoms. The summed E-state index contributed by atoms with van der Waals surface area (Å²) >= 11 is 0. The molecule has 3 fully saturated rings. The number of hydrogen-bond acceptors (Lipinski definition) is 3. The molecule has 1 atom stereocenters. The van der Waals surface area contributed by atoms with Crippen molar-refractivity contribution in [2.75, 3.05) is 33.2 Å². The Morgan fingerprint density at radius 2 is 1.95 bits per heavy atom. The molecule has 2 saturated heterocycles. The highest BCUT2D eigenvalue weighted by Gasteiger charge is 2.37. The third-order valence-electron chi connectivity index (χ3n) is 5.77. The fourth-order valence-corrected chi connectivity index (χ4v) is 4.36. The van der Waals surface area contributed by atoms with E-state index < -0.39 is 0 Å². The van der Waals surface area contributed by atoms with Crippen molar-refractivity contribution in [3.8, 4) is 0 Å². The van der Waals surface area contributed by atoms with Crippen molar-refractivity contribution < 1.29 is 4.79 Å². The third kappa shape index (κ3) is 2.86. The number of amides is 1. The average molecular weight is 279 g/mol. The normalized spacial score (nSPS) is 30.2. The van der Waals surface area contributed by atoms with Crippen molar-refractivity contribution in [2.45, 2.75) is 62.9 Å². The summed E-state index contributed by atoms with van der Waals surface area (Å²) in [5.74, 6) is 0.382. The molecule has 3 aliphatic rings. The summed E-state index contributed by atoms with van der Waals surface area (Å²) in [6, 6.07) is 0.643. The zero-order chi connectivity index (χ0) is 14.0. The Morgan fingerprint density at radius 3 is 2.70 bits per heavy atom. The second-order valence-corrected chi connectivity index (χ2v) is 6.94. The summed E-state index contributed by atoms with van der Waals surface area (Å²) in [5.41, 5.74) is 0.0855. The molecule has 1 aliphatic carbocycles. The van der Waals surface area contributed by atoms with E-state index in [4.69, 9.17) is 0 Å². The molecule has 3 rings (SSSR count). The monoisotopic (exact) mass is 279 g/mol. The molecule has 4 nitrogen and oxygen atoms in total. The van der Waals surface area contributed by atoms with Gasteiger partial charge in [0.25, 0.3) is 0 Å². The molecule has 2 aliphatic heterocycles. The lowest BCUT2D eigenvalue weighted by Crippen LogP contribution is -2.55. The lowest BCUT2D eigenvalue weighted by molar-refractivity contribution is -0.135. The maximum absolute atomic E-state index is 12.7. The third-order valence-corrected chi connectivity index (χ3v) is 5.77. The molecule has 0 aromatic carbocycles. The van der Waals surface area contributed by atoms with Crippen LogP contribution in [0.15, 0.2) is 0 Å². The Hall–Kier alpha value is -0.610. The van der Waals surface area contributed by atoms with Gasteiger partial charge in [-0.2, -0.15) is 0 Å². The Bertz CT molecular complexity index is 352. The van der Waals surface area contributed by atoms with E-state index in [0.717, 1.165) is 19.6 Å². The van der Waals surface area contributed by atoms with Crippen LogP contribution in [-0.2, 0) is 4.79 Å². The molecule has 1 saturated carbocycles. The van der Waals surface area contributed by atoms with Crippen LogP contribution in [0.1, 0.15) is 51.4 Å². The molecule has 0 spiro atoms. The number of fused-ring (bicyclic) bond motifs is 1. The van der Waals surface area contributed by atoms with Gasteiger partial charge in [-0.25, -0.2) is 0 Å². The lowest BCUT2D eigenvalue weighted by atomic mass is 9.79. The zero-order valence-corrected chi connectivity index (χ0v) is 12.9. The standard InChI is InChI=1S/C16H29N3O/c1-17-16(7-3-2-4-8-16)12-15(20)19-11-10-18-9-5-6-14(18)13-19/h14,17H,2-13H2,1H3. The molecule has 0 aromatic rings. The second kappa shape index (κ2) is 6.02. The predicted molar refractivity (Wildman–Crippen MR) is 80.7 cm³/mol. The van der Waals surface area contributed by atoms with Gasteiger partial charge in [0.1, 0.15) is 0 Å². The first-order chi connectivity index (χ1) is 9.72. The largest absolute Gasteiger partial charge is 0.340 e. The van der Waals surface area contributed by atoms with Gasteiger partial charge in [-0.1, -0.05) is 19.3 Å². The van der Waals surface area contributed by atoms with Crippen LogP contribution in [0, 0.1) is 0 Å². The summed E-state index contributed by atoms with van der Waals surface area (Å²) in [7, 11) is 2.04. The maximum atomic E-state index is 12.7. The van der Waals surface area contributed by atoms with E-state index in [9.17, 15) is 4.79 Å². The molecule has 1 amide bonds. The number of nitrogens with one attached hydrogen (secondary N) is 1. The molecular formula is C16H29N3O. The van der Waals surface area contributed by atoms with Gasteiger partial charge >= 0.3 is 0 Å². The SMILES string of the molecule is CNC1(CC(=O)N2CCN3CCCC3C2)CCCCC1. The first kappa shape index (κ1) is 14.3. The molecule has 1 unspecified atom stereocenters. The van der Waals surface area contributed by atoms with E-state index in [2.05, 4.69) is 15.1 Å². The molecule has 0 bridgehead atoms. The number of hydrogen-bond donors (Lipinski definition) is 1. The first-order valence-corrected chi connectivity index (χ1v) is 8.43. The van der Waals surface area contributed by atoms with Crippen molar-refractivity contribution in [1.29, 1.82) is 0 Å². The van der Waals surface area contributed by atoms with Gasteiger partial charge in [0.05, 0.1) is 0 Å². The lowest BCUT2D eigenvalue weighted by Gasteiger charge is -2.41. The van der Waals surface area contributed by atoms with Gasteiger partial charge in [-0.05, 0) is 39.3 Å². The van der Waals surface area contributed by atoms with E-state index in [1.165, 1.54) is 51.5 Å². The average Bonchev–Trinajstić information content (AvgIpc) is 2.95. The summed E-state index contributed by atoms with van der Waals surface area (Å²) in [6.45, 7) is 4.24. The molecular weight excluding hydrogens is 250 g/mol. The van der Waals surface area contributed by atoms with Crippen LogP contribution in [-0.4, -0.2) is 60.5 Å². The smallest absolute Gasteiger partial charge is 0.224 e. The molecule has 1 N–H and O–H groups in total. The van der Waals surface area contributed by atoms with E-state index in [1.807, 2.05) is 7.05 Å². The fourth-order valence-electron chi connectivity index (χ4n) is 4.36. The van der Waals surface area contributed by atoms with E-state index >= 15 is 0 Å². The summed E-state index contributed by atoms with van der Waals surface area (Å²) < 4.78 is 0. The summed E-state index contributed by atoms with van der Waals surface area (Å²) in [6.07, 6.45) is 9.50. The Morgan fingerprint density at radius 1 is 1.15 bits per heavy atom. The zero-order valence-electron chi connectivity index (χ0n) is 12.9. The van der Waals surface area contributed by atoms with Gasteiger partial charge < -0.3 is 10.2 Å². The van der Waals surface area contributed by atoms with Crippen LogP contribution >= 0.6 is 0 Å². The van der Waals surface area contributed by atoms with Gasteiger partial charge in [0.15, 0.2) is 0 Å². The minimum absolute atomic E-state index is 0.0855. The van der Waals surface area contributed by atoms with Crippen LogP contribution < -0.4 is 5.32 Å². The van der Waals surface area contributed by atoms with E-state index in [-0.39, 0.29) is 5.54 Å². The minimum atomic E-state index is 0.0855. The Labute approximate surface area is 122 Å².